The first-order valence-electron chi connectivity index (χ1n) is 5.95. The molecule has 0 aliphatic rings. The number of hydrogen-bond acceptors (Lipinski definition) is 3. The van der Waals surface area contributed by atoms with E-state index in [0.29, 0.717) is 27.1 Å². The predicted octanol–water partition coefficient (Wildman–Crippen LogP) is 3.28. The molecule has 5 nitrogen and oxygen atoms in total. The number of aryl methyl sites for hydroxylation is 1. The van der Waals surface area contributed by atoms with E-state index in [2.05, 4.69) is 10.4 Å². The van der Waals surface area contributed by atoms with Gasteiger partial charge in [-0.1, -0.05) is 23.2 Å². The molecule has 7 heteroatoms. The monoisotopic (exact) mass is 312 g/mol. The maximum atomic E-state index is 12.2. The third kappa shape index (κ3) is 3.05. The molecule has 1 aromatic heterocycles. The predicted molar refractivity (Wildman–Crippen MR) is 81.2 cm³/mol. The summed E-state index contributed by atoms with van der Waals surface area (Å²) in [6, 6.07) is 4.40. The Kier molecular flexibility index (Phi) is 4.20. The van der Waals surface area contributed by atoms with Gasteiger partial charge in [0.1, 0.15) is 6.04 Å². The number of nitrogens with two attached hydrogens (primary N) is 1. The maximum Gasteiger partial charge on any atom is 0.248 e. The van der Waals surface area contributed by atoms with Crippen LogP contribution in [-0.2, 0) is 4.79 Å². The summed E-state index contributed by atoms with van der Waals surface area (Å²) in [5, 5.41) is 7.83. The van der Waals surface area contributed by atoms with Gasteiger partial charge in [-0.15, -0.1) is 0 Å². The van der Waals surface area contributed by atoms with Gasteiger partial charge < -0.3 is 11.1 Å². The summed E-state index contributed by atoms with van der Waals surface area (Å²) in [5.74, 6) is -0.240. The molecule has 1 atom stereocenters. The van der Waals surface area contributed by atoms with Crippen LogP contribution in [0.2, 0.25) is 10.0 Å². The van der Waals surface area contributed by atoms with Crippen LogP contribution in [0.25, 0.3) is 0 Å². The molecule has 0 aliphatic heterocycles. The molecule has 0 radical (unpaired) electrons. The molecule has 0 saturated carbocycles. The largest absolute Gasteiger partial charge is 0.399 e. The van der Waals surface area contributed by atoms with E-state index in [1.807, 2.05) is 0 Å². The van der Waals surface area contributed by atoms with Crippen molar-refractivity contribution in [1.29, 1.82) is 0 Å². The minimum atomic E-state index is -0.505. The minimum absolute atomic E-state index is 0.240. The van der Waals surface area contributed by atoms with Gasteiger partial charge in [-0.25, -0.2) is 0 Å². The standard InChI is InChI=1S/C13H14Cl2N4O/c1-7-11(15)6-19(18-7)8(2)13(20)17-12-4-3-9(16)5-10(12)14/h3-6,8H,16H2,1-2H3,(H,17,20). The fraction of sp³-hybridized carbons (Fsp3) is 0.231. The summed E-state index contributed by atoms with van der Waals surface area (Å²) in [7, 11) is 0. The average molecular weight is 313 g/mol. The van der Waals surface area contributed by atoms with Crippen molar-refractivity contribution in [3.05, 3.63) is 40.1 Å². The SMILES string of the molecule is Cc1nn(C(C)C(=O)Nc2ccc(N)cc2Cl)cc1Cl. The Hall–Kier alpha value is -1.72. The number of nitrogens with one attached hydrogen (secondary N) is 1. The normalized spacial score (nSPS) is 12.2. The van der Waals surface area contributed by atoms with Crippen LogP contribution in [0.4, 0.5) is 11.4 Å². The molecule has 1 unspecified atom stereocenters. The number of halogens is 2. The molecular weight excluding hydrogens is 299 g/mol. The zero-order chi connectivity index (χ0) is 14.9. The van der Waals surface area contributed by atoms with Crippen LogP contribution in [0.1, 0.15) is 18.7 Å². The summed E-state index contributed by atoms with van der Waals surface area (Å²) in [5.41, 5.74) is 7.32. The zero-order valence-electron chi connectivity index (χ0n) is 11.0. The van der Waals surface area contributed by atoms with Crippen molar-refractivity contribution >= 4 is 40.5 Å². The number of rotatable bonds is 3. The van der Waals surface area contributed by atoms with Crippen molar-refractivity contribution in [3.8, 4) is 0 Å². The Labute approximate surface area is 126 Å². The van der Waals surface area contributed by atoms with E-state index in [0.717, 1.165) is 0 Å². The molecule has 2 aromatic rings. The third-order valence-corrected chi connectivity index (χ3v) is 3.57. The molecule has 0 aliphatic carbocycles. The van der Waals surface area contributed by atoms with Gasteiger partial charge >= 0.3 is 0 Å². The van der Waals surface area contributed by atoms with Crippen molar-refractivity contribution < 1.29 is 4.79 Å². The van der Waals surface area contributed by atoms with Gasteiger partial charge in [0.15, 0.2) is 0 Å². The second kappa shape index (κ2) is 5.73. The fourth-order valence-corrected chi connectivity index (χ4v) is 2.02. The van der Waals surface area contributed by atoms with Crippen LogP contribution in [0, 0.1) is 6.92 Å². The molecular formula is C13H14Cl2N4O. The van der Waals surface area contributed by atoms with Crippen LogP contribution in [-0.4, -0.2) is 15.7 Å². The van der Waals surface area contributed by atoms with E-state index in [9.17, 15) is 4.79 Å². The Morgan fingerprint density at radius 2 is 2.10 bits per heavy atom. The van der Waals surface area contributed by atoms with Crippen LogP contribution >= 0.6 is 23.2 Å². The first-order valence-corrected chi connectivity index (χ1v) is 6.71. The molecule has 20 heavy (non-hydrogen) atoms. The number of nitrogen functional groups attached to an aromatic ring is 1. The molecule has 0 fully saturated rings. The van der Waals surface area contributed by atoms with Crippen molar-refractivity contribution in [2.24, 2.45) is 0 Å². The molecule has 1 heterocycles. The summed E-state index contributed by atoms with van der Waals surface area (Å²) in [4.78, 5) is 12.2. The van der Waals surface area contributed by atoms with E-state index >= 15 is 0 Å². The Morgan fingerprint density at radius 1 is 1.40 bits per heavy atom. The van der Waals surface area contributed by atoms with E-state index in [1.54, 1.807) is 38.2 Å². The third-order valence-electron chi connectivity index (χ3n) is 2.88. The van der Waals surface area contributed by atoms with E-state index in [4.69, 9.17) is 28.9 Å². The summed E-state index contributed by atoms with van der Waals surface area (Å²) < 4.78 is 1.51. The second-order valence-corrected chi connectivity index (χ2v) is 5.26. The highest BCUT2D eigenvalue weighted by molar-refractivity contribution is 6.34. The number of amides is 1. The number of anilines is 2. The molecule has 1 aromatic carbocycles. The van der Waals surface area contributed by atoms with Crippen LogP contribution in [0.5, 0.6) is 0 Å². The number of aromatic nitrogens is 2. The lowest BCUT2D eigenvalue weighted by molar-refractivity contribution is -0.119. The molecule has 1 amide bonds. The van der Waals surface area contributed by atoms with Gasteiger partial charge in [-0.3, -0.25) is 9.48 Å². The molecule has 3 N–H and O–H groups in total. The maximum absolute atomic E-state index is 12.2. The first-order chi connectivity index (χ1) is 9.38. The smallest absolute Gasteiger partial charge is 0.248 e. The lowest BCUT2D eigenvalue weighted by Gasteiger charge is -2.13. The van der Waals surface area contributed by atoms with Crippen molar-refractivity contribution in [3.63, 3.8) is 0 Å². The highest BCUT2D eigenvalue weighted by atomic mass is 35.5. The number of carbonyl (C=O) groups is 1. The molecule has 106 valence electrons. The van der Waals surface area contributed by atoms with Crippen molar-refractivity contribution in [2.75, 3.05) is 11.1 Å². The Bertz CT molecular complexity index is 634. The van der Waals surface area contributed by atoms with Gasteiger partial charge in [0, 0.05) is 11.9 Å². The second-order valence-electron chi connectivity index (χ2n) is 4.45. The summed E-state index contributed by atoms with van der Waals surface area (Å²) in [6.45, 7) is 3.50. The number of nitrogens with zero attached hydrogens (tertiary/aromatic N) is 2. The van der Waals surface area contributed by atoms with E-state index < -0.39 is 6.04 Å². The molecule has 2 rings (SSSR count). The van der Waals surface area contributed by atoms with Gasteiger partial charge in [0.05, 0.1) is 21.4 Å². The molecule has 0 spiro atoms. The minimum Gasteiger partial charge on any atom is -0.399 e. The highest BCUT2D eigenvalue weighted by Gasteiger charge is 2.18. The lowest BCUT2D eigenvalue weighted by atomic mass is 10.2. The van der Waals surface area contributed by atoms with Crippen molar-refractivity contribution in [2.45, 2.75) is 19.9 Å². The van der Waals surface area contributed by atoms with Gasteiger partial charge in [-0.05, 0) is 32.0 Å². The molecule has 0 saturated heterocycles. The van der Waals surface area contributed by atoms with E-state index in [-0.39, 0.29) is 5.91 Å². The fourth-order valence-electron chi connectivity index (χ4n) is 1.65. The van der Waals surface area contributed by atoms with Gasteiger partial charge in [-0.2, -0.15) is 5.10 Å². The van der Waals surface area contributed by atoms with Crippen LogP contribution in [0.3, 0.4) is 0 Å². The van der Waals surface area contributed by atoms with Gasteiger partial charge in [0.2, 0.25) is 5.91 Å². The topological polar surface area (TPSA) is 72.9 Å². The highest BCUT2D eigenvalue weighted by Crippen LogP contribution is 2.25. The van der Waals surface area contributed by atoms with Crippen LogP contribution in [0.15, 0.2) is 24.4 Å². The molecule has 0 bridgehead atoms. The van der Waals surface area contributed by atoms with Gasteiger partial charge in [0.25, 0.3) is 0 Å². The Balaban J connectivity index is 2.15. The lowest BCUT2D eigenvalue weighted by Crippen LogP contribution is -2.24. The number of hydrogen-bond donors (Lipinski definition) is 2. The van der Waals surface area contributed by atoms with Crippen molar-refractivity contribution in [1.82, 2.24) is 9.78 Å². The summed E-state index contributed by atoms with van der Waals surface area (Å²) in [6.07, 6.45) is 1.62. The summed E-state index contributed by atoms with van der Waals surface area (Å²) >= 11 is 11.9. The van der Waals surface area contributed by atoms with Crippen LogP contribution < -0.4 is 11.1 Å². The first kappa shape index (κ1) is 14.7. The van der Waals surface area contributed by atoms with E-state index in [1.165, 1.54) is 4.68 Å². The average Bonchev–Trinajstić information content (AvgIpc) is 2.72. The Morgan fingerprint density at radius 3 is 2.65 bits per heavy atom. The quantitative estimate of drug-likeness (QED) is 0.854. The number of carbonyl (C=O) groups excluding carboxylic acids is 1. The zero-order valence-corrected chi connectivity index (χ0v) is 12.5. The number of benzene rings is 1.